The third-order valence-electron chi connectivity index (χ3n) is 3.49. The molecule has 0 aliphatic heterocycles. The topological polar surface area (TPSA) is 107 Å². The van der Waals surface area contributed by atoms with Gasteiger partial charge in [-0.3, -0.25) is 4.79 Å². The van der Waals surface area contributed by atoms with Gasteiger partial charge in [0.05, 0.1) is 11.4 Å². The molecule has 3 aromatic heterocycles. The van der Waals surface area contributed by atoms with E-state index < -0.39 is 10.0 Å². The van der Waals surface area contributed by atoms with Crippen molar-refractivity contribution < 1.29 is 12.9 Å². The molecule has 0 aliphatic carbocycles. The summed E-state index contributed by atoms with van der Waals surface area (Å²) in [5.41, 5.74) is 0.667. The fourth-order valence-electron chi connectivity index (χ4n) is 2.38. The van der Waals surface area contributed by atoms with E-state index in [4.69, 9.17) is 4.52 Å². The molecular formula is C15H16N4O4S2. The van der Waals surface area contributed by atoms with Crippen LogP contribution in [0.25, 0.3) is 10.6 Å². The summed E-state index contributed by atoms with van der Waals surface area (Å²) >= 11 is 1.51. The monoisotopic (exact) mass is 380 g/mol. The zero-order chi connectivity index (χ0) is 18.0. The molecule has 0 saturated heterocycles. The Kier molecular flexibility index (Phi) is 4.84. The molecule has 8 nitrogen and oxygen atoms in total. The van der Waals surface area contributed by atoms with Crippen LogP contribution in [0.3, 0.4) is 0 Å². The predicted octanol–water partition coefficient (Wildman–Crippen LogP) is 1.56. The van der Waals surface area contributed by atoms with Crippen LogP contribution in [0.1, 0.15) is 11.5 Å². The van der Waals surface area contributed by atoms with Gasteiger partial charge in [0.25, 0.3) is 5.56 Å². The van der Waals surface area contributed by atoms with Crippen molar-refractivity contribution in [3.05, 3.63) is 51.5 Å². The van der Waals surface area contributed by atoms with Crippen LogP contribution in [0.2, 0.25) is 0 Å². The maximum absolute atomic E-state index is 12.3. The second kappa shape index (κ2) is 6.90. The molecule has 0 spiro atoms. The van der Waals surface area contributed by atoms with Crippen molar-refractivity contribution in [2.24, 2.45) is 0 Å². The van der Waals surface area contributed by atoms with Gasteiger partial charge in [-0.1, -0.05) is 11.2 Å². The van der Waals surface area contributed by atoms with E-state index in [0.29, 0.717) is 11.4 Å². The summed E-state index contributed by atoms with van der Waals surface area (Å²) < 4.78 is 33.3. The van der Waals surface area contributed by atoms with E-state index in [0.717, 1.165) is 4.88 Å². The fourth-order valence-corrected chi connectivity index (χ4v) is 4.42. The summed E-state index contributed by atoms with van der Waals surface area (Å²) in [6, 6.07) is 6.88. The third-order valence-corrected chi connectivity index (χ3v) is 6.09. The maximum Gasteiger partial charge on any atom is 0.266 e. The van der Waals surface area contributed by atoms with Crippen LogP contribution in [-0.2, 0) is 16.6 Å². The first kappa shape index (κ1) is 17.5. The fraction of sp³-hybridized carbons (Fsp3) is 0.267. The van der Waals surface area contributed by atoms with Gasteiger partial charge >= 0.3 is 0 Å². The summed E-state index contributed by atoms with van der Waals surface area (Å²) in [6.45, 7) is 3.22. The first-order valence-electron chi connectivity index (χ1n) is 7.43. The lowest BCUT2D eigenvalue weighted by molar-refractivity contribution is 0.390. The van der Waals surface area contributed by atoms with Gasteiger partial charge < -0.3 is 4.52 Å². The molecule has 10 heteroatoms. The number of rotatable bonds is 6. The zero-order valence-corrected chi connectivity index (χ0v) is 15.2. The molecule has 0 amide bonds. The van der Waals surface area contributed by atoms with Crippen LogP contribution < -0.4 is 10.3 Å². The standard InChI is InChI=1S/C15H16N4O4S2/c1-10-15(11(2)23-18-10)25(21,22)16-7-8-19-14(20)6-5-12(17-19)13-4-3-9-24-13/h3-6,9,16H,7-8H2,1-2H3. The third kappa shape index (κ3) is 3.70. The smallest absolute Gasteiger partial charge is 0.266 e. The average molecular weight is 380 g/mol. The highest BCUT2D eigenvalue weighted by atomic mass is 32.2. The molecule has 0 aromatic carbocycles. The van der Waals surface area contributed by atoms with Crippen LogP contribution in [0.5, 0.6) is 0 Å². The summed E-state index contributed by atoms with van der Waals surface area (Å²) in [6.07, 6.45) is 0. The Morgan fingerprint density at radius 1 is 1.28 bits per heavy atom. The number of aryl methyl sites for hydroxylation is 2. The molecule has 0 bridgehead atoms. The van der Waals surface area contributed by atoms with Crippen molar-refractivity contribution in [2.75, 3.05) is 6.54 Å². The average Bonchev–Trinajstić information content (AvgIpc) is 3.19. The first-order chi connectivity index (χ1) is 11.9. The van der Waals surface area contributed by atoms with Crippen LogP contribution >= 0.6 is 11.3 Å². The lowest BCUT2D eigenvalue weighted by Gasteiger charge is -2.08. The Labute approximate surface area is 148 Å². The lowest BCUT2D eigenvalue weighted by Crippen LogP contribution is -2.32. The number of nitrogens with one attached hydrogen (secondary N) is 1. The quantitative estimate of drug-likeness (QED) is 0.695. The normalized spacial score (nSPS) is 11.8. The van der Waals surface area contributed by atoms with Gasteiger partial charge in [0.15, 0.2) is 5.76 Å². The second-order valence-corrected chi connectivity index (χ2v) is 7.96. The van der Waals surface area contributed by atoms with E-state index >= 15 is 0 Å². The molecule has 0 radical (unpaired) electrons. The number of sulfonamides is 1. The summed E-state index contributed by atoms with van der Waals surface area (Å²) in [5, 5.41) is 9.84. The molecule has 0 aliphatic rings. The molecule has 0 fully saturated rings. The molecule has 132 valence electrons. The highest BCUT2D eigenvalue weighted by Crippen LogP contribution is 2.21. The zero-order valence-electron chi connectivity index (χ0n) is 13.6. The molecule has 3 rings (SSSR count). The van der Waals surface area contributed by atoms with E-state index in [2.05, 4.69) is 15.0 Å². The van der Waals surface area contributed by atoms with Gasteiger partial charge in [-0.2, -0.15) is 5.10 Å². The predicted molar refractivity (Wildman–Crippen MR) is 93.0 cm³/mol. The minimum absolute atomic E-state index is 0.0210. The molecular weight excluding hydrogens is 364 g/mol. The van der Waals surface area contributed by atoms with Gasteiger partial charge in [-0.25, -0.2) is 17.8 Å². The van der Waals surface area contributed by atoms with Crippen LogP contribution in [0.15, 0.2) is 43.9 Å². The number of aromatic nitrogens is 3. The Hall–Kier alpha value is -2.30. The number of hydrogen-bond acceptors (Lipinski definition) is 7. The molecule has 1 N–H and O–H groups in total. The first-order valence-corrected chi connectivity index (χ1v) is 9.79. The highest BCUT2D eigenvalue weighted by molar-refractivity contribution is 7.89. The van der Waals surface area contributed by atoms with Crippen LogP contribution in [0, 0.1) is 13.8 Å². The SMILES string of the molecule is Cc1noc(C)c1S(=O)(=O)NCCn1nc(-c2cccs2)ccc1=O. The van der Waals surface area contributed by atoms with Gasteiger partial charge in [0.2, 0.25) is 10.0 Å². The highest BCUT2D eigenvalue weighted by Gasteiger charge is 2.23. The van der Waals surface area contributed by atoms with Crippen molar-refractivity contribution in [2.45, 2.75) is 25.3 Å². The number of thiophene rings is 1. The Morgan fingerprint density at radius 3 is 2.72 bits per heavy atom. The van der Waals surface area contributed by atoms with Crippen LogP contribution in [-0.4, -0.2) is 29.9 Å². The molecule has 3 aromatic rings. The number of hydrogen-bond donors (Lipinski definition) is 1. The van der Waals surface area contributed by atoms with E-state index in [1.165, 1.54) is 29.0 Å². The van der Waals surface area contributed by atoms with Crippen molar-refractivity contribution in [1.82, 2.24) is 19.7 Å². The van der Waals surface area contributed by atoms with Crippen LogP contribution in [0.4, 0.5) is 0 Å². The Balaban J connectivity index is 1.74. The summed E-state index contributed by atoms with van der Waals surface area (Å²) in [7, 11) is -3.76. The second-order valence-electron chi connectivity index (χ2n) is 5.31. The maximum atomic E-state index is 12.3. The molecule has 25 heavy (non-hydrogen) atoms. The molecule has 3 heterocycles. The molecule has 0 unspecified atom stereocenters. The Bertz CT molecular complexity index is 1020. The molecule has 0 saturated carbocycles. The lowest BCUT2D eigenvalue weighted by atomic mass is 10.3. The molecule has 0 atom stereocenters. The van der Waals surface area contributed by atoms with Crippen molar-refractivity contribution in [3.63, 3.8) is 0 Å². The van der Waals surface area contributed by atoms with Crippen molar-refractivity contribution in [3.8, 4) is 10.6 Å². The largest absolute Gasteiger partial charge is 0.360 e. The van der Waals surface area contributed by atoms with Crippen molar-refractivity contribution in [1.29, 1.82) is 0 Å². The summed E-state index contributed by atoms with van der Waals surface area (Å²) in [4.78, 5) is 12.9. The summed E-state index contributed by atoms with van der Waals surface area (Å²) in [5.74, 6) is 0.222. The van der Waals surface area contributed by atoms with Gasteiger partial charge in [0.1, 0.15) is 16.3 Å². The van der Waals surface area contributed by atoms with E-state index in [1.54, 1.807) is 13.0 Å². The minimum atomic E-state index is -3.76. The number of nitrogens with zero attached hydrogens (tertiary/aromatic N) is 3. The van der Waals surface area contributed by atoms with Gasteiger partial charge in [-0.15, -0.1) is 11.3 Å². The van der Waals surface area contributed by atoms with Gasteiger partial charge in [0, 0.05) is 12.6 Å². The van der Waals surface area contributed by atoms with E-state index in [-0.39, 0.29) is 29.3 Å². The van der Waals surface area contributed by atoms with Crippen molar-refractivity contribution >= 4 is 21.4 Å². The minimum Gasteiger partial charge on any atom is -0.360 e. The Morgan fingerprint density at radius 2 is 2.08 bits per heavy atom. The van der Waals surface area contributed by atoms with E-state index in [9.17, 15) is 13.2 Å². The van der Waals surface area contributed by atoms with Gasteiger partial charge in [-0.05, 0) is 31.4 Å². The van der Waals surface area contributed by atoms with E-state index in [1.807, 2.05) is 17.5 Å².